The van der Waals surface area contributed by atoms with Crippen molar-refractivity contribution in [2.24, 2.45) is 0 Å². The molecule has 5 heteroatoms. The fourth-order valence-electron chi connectivity index (χ4n) is 2.95. The third-order valence-electron chi connectivity index (χ3n) is 3.88. The molecule has 0 aliphatic carbocycles. The van der Waals surface area contributed by atoms with Crippen LogP contribution in [0, 0.1) is 0 Å². The molecule has 2 aliphatic heterocycles. The number of morpholine rings is 1. The van der Waals surface area contributed by atoms with Crippen molar-refractivity contribution in [1.29, 1.82) is 0 Å². The monoisotopic (exact) mass is 261 g/mol. The van der Waals surface area contributed by atoms with E-state index < -0.39 is 0 Å². The second kappa shape index (κ2) is 4.74. The Morgan fingerprint density at radius 3 is 2.68 bits per heavy atom. The first-order valence-corrected chi connectivity index (χ1v) is 6.69. The van der Waals surface area contributed by atoms with Crippen molar-refractivity contribution in [3.05, 3.63) is 23.8 Å². The number of hydrogen-bond donors (Lipinski definition) is 2. The minimum absolute atomic E-state index is 0.0751. The summed E-state index contributed by atoms with van der Waals surface area (Å²) in [6.45, 7) is 1.67. The van der Waals surface area contributed by atoms with Gasteiger partial charge in [-0.1, -0.05) is 0 Å². The molecule has 2 heterocycles. The lowest BCUT2D eigenvalue weighted by Gasteiger charge is -2.35. The Kier molecular flexibility index (Phi) is 3.06. The molecule has 102 valence electrons. The zero-order valence-corrected chi connectivity index (χ0v) is 11.1. The van der Waals surface area contributed by atoms with E-state index in [1.807, 2.05) is 6.07 Å². The van der Waals surface area contributed by atoms with E-state index in [0.717, 1.165) is 31.6 Å². The topological polar surface area (TPSA) is 67.6 Å². The Morgan fingerprint density at radius 2 is 2.05 bits per heavy atom. The quantitative estimate of drug-likeness (QED) is 0.779. The number of benzene rings is 1. The molecule has 2 atom stereocenters. The summed E-state index contributed by atoms with van der Waals surface area (Å²) in [5, 5.41) is 2.68. The van der Waals surface area contributed by atoms with Crippen LogP contribution >= 0.6 is 0 Å². The van der Waals surface area contributed by atoms with Gasteiger partial charge in [-0.3, -0.25) is 4.79 Å². The maximum atomic E-state index is 12.0. The van der Waals surface area contributed by atoms with Gasteiger partial charge in [0.05, 0.1) is 23.5 Å². The summed E-state index contributed by atoms with van der Waals surface area (Å²) in [4.78, 5) is 14.2. The molecular formula is C14H19N3O2. The molecule has 2 fully saturated rings. The Bertz CT molecular complexity index is 491. The SMILES string of the molecule is CNC(=O)c1ccc(N)cc1N1CC2CCC(C1)O2. The van der Waals surface area contributed by atoms with Crippen molar-refractivity contribution in [1.82, 2.24) is 5.32 Å². The van der Waals surface area contributed by atoms with Crippen LogP contribution in [0.25, 0.3) is 0 Å². The number of amides is 1. The molecule has 3 rings (SSSR count). The molecule has 1 aromatic carbocycles. The van der Waals surface area contributed by atoms with Gasteiger partial charge in [0.25, 0.3) is 5.91 Å². The molecule has 0 saturated carbocycles. The molecule has 1 aromatic rings. The lowest BCUT2D eigenvalue weighted by Crippen LogP contribution is -2.43. The van der Waals surface area contributed by atoms with Crippen LogP contribution in [0.4, 0.5) is 11.4 Å². The number of anilines is 2. The van der Waals surface area contributed by atoms with E-state index in [9.17, 15) is 4.79 Å². The standard InChI is InChI=1S/C14H19N3O2/c1-16-14(18)12-5-2-9(15)6-13(12)17-7-10-3-4-11(8-17)19-10/h2,5-6,10-11H,3-4,7-8,15H2,1H3,(H,16,18). The molecular weight excluding hydrogens is 242 g/mol. The Labute approximate surface area is 112 Å². The van der Waals surface area contributed by atoms with Gasteiger partial charge < -0.3 is 20.7 Å². The van der Waals surface area contributed by atoms with Crippen LogP contribution in [0.5, 0.6) is 0 Å². The highest BCUT2D eigenvalue weighted by Crippen LogP contribution is 2.32. The summed E-state index contributed by atoms with van der Waals surface area (Å²) in [5.74, 6) is -0.0751. The first kappa shape index (κ1) is 12.3. The summed E-state index contributed by atoms with van der Waals surface area (Å²) in [6, 6.07) is 5.44. The molecule has 2 bridgehead atoms. The van der Waals surface area contributed by atoms with Crippen LogP contribution in [-0.2, 0) is 4.74 Å². The van der Waals surface area contributed by atoms with Crippen LogP contribution in [0.2, 0.25) is 0 Å². The summed E-state index contributed by atoms with van der Waals surface area (Å²) in [5.41, 5.74) is 8.15. The number of nitrogens with zero attached hydrogens (tertiary/aromatic N) is 1. The molecule has 2 unspecified atom stereocenters. The first-order valence-electron chi connectivity index (χ1n) is 6.69. The van der Waals surface area contributed by atoms with Crippen molar-refractivity contribution in [2.45, 2.75) is 25.0 Å². The molecule has 5 nitrogen and oxygen atoms in total. The number of ether oxygens (including phenoxy) is 1. The molecule has 2 aliphatic rings. The molecule has 0 spiro atoms. The average Bonchev–Trinajstić information content (AvgIpc) is 2.76. The molecule has 3 N–H and O–H groups in total. The van der Waals surface area contributed by atoms with Crippen LogP contribution in [0.15, 0.2) is 18.2 Å². The highest BCUT2D eigenvalue weighted by Gasteiger charge is 2.34. The second-order valence-electron chi connectivity index (χ2n) is 5.22. The Hall–Kier alpha value is -1.75. The van der Waals surface area contributed by atoms with Gasteiger partial charge in [0, 0.05) is 25.8 Å². The number of rotatable bonds is 2. The van der Waals surface area contributed by atoms with Crippen molar-refractivity contribution >= 4 is 17.3 Å². The maximum absolute atomic E-state index is 12.0. The fraction of sp³-hybridized carbons (Fsp3) is 0.500. The van der Waals surface area contributed by atoms with Gasteiger partial charge in [-0.05, 0) is 31.0 Å². The normalized spacial score (nSPS) is 25.4. The molecule has 0 radical (unpaired) electrons. The predicted molar refractivity (Wildman–Crippen MR) is 74.4 cm³/mol. The van der Waals surface area contributed by atoms with Crippen molar-refractivity contribution in [3.63, 3.8) is 0 Å². The van der Waals surface area contributed by atoms with E-state index in [-0.39, 0.29) is 18.1 Å². The van der Waals surface area contributed by atoms with Crippen LogP contribution < -0.4 is 16.0 Å². The third kappa shape index (κ3) is 2.26. The minimum atomic E-state index is -0.0751. The summed E-state index contributed by atoms with van der Waals surface area (Å²) in [6.07, 6.45) is 2.80. The number of fused-ring (bicyclic) bond motifs is 2. The smallest absolute Gasteiger partial charge is 0.253 e. The Balaban J connectivity index is 1.94. The number of nitrogens with one attached hydrogen (secondary N) is 1. The second-order valence-corrected chi connectivity index (χ2v) is 5.22. The summed E-state index contributed by atoms with van der Waals surface area (Å²) >= 11 is 0. The number of nitrogens with two attached hydrogens (primary N) is 1. The average molecular weight is 261 g/mol. The number of carbonyl (C=O) groups is 1. The van der Waals surface area contributed by atoms with E-state index >= 15 is 0 Å². The minimum Gasteiger partial charge on any atom is -0.399 e. The fourth-order valence-corrected chi connectivity index (χ4v) is 2.95. The van der Waals surface area contributed by atoms with E-state index in [1.165, 1.54) is 0 Å². The molecule has 19 heavy (non-hydrogen) atoms. The highest BCUT2D eigenvalue weighted by atomic mass is 16.5. The lowest BCUT2D eigenvalue weighted by atomic mass is 10.1. The summed E-state index contributed by atoms with van der Waals surface area (Å²) in [7, 11) is 1.64. The number of hydrogen-bond acceptors (Lipinski definition) is 4. The van der Waals surface area contributed by atoms with Crippen LogP contribution in [0.1, 0.15) is 23.2 Å². The van der Waals surface area contributed by atoms with Crippen molar-refractivity contribution < 1.29 is 9.53 Å². The zero-order chi connectivity index (χ0) is 13.4. The van der Waals surface area contributed by atoms with Gasteiger partial charge in [-0.25, -0.2) is 0 Å². The van der Waals surface area contributed by atoms with Gasteiger partial charge in [-0.2, -0.15) is 0 Å². The van der Waals surface area contributed by atoms with E-state index in [1.54, 1.807) is 19.2 Å². The lowest BCUT2D eigenvalue weighted by molar-refractivity contribution is 0.0304. The van der Waals surface area contributed by atoms with Gasteiger partial charge in [0.1, 0.15) is 0 Å². The number of nitrogen functional groups attached to an aromatic ring is 1. The van der Waals surface area contributed by atoms with Crippen LogP contribution in [-0.4, -0.2) is 38.3 Å². The van der Waals surface area contributed by atoms with Gasteiger partial charge >= 0.3 is 0 Å². The van der Waals surface area contributed by atoms with Crippen molar-refractivity contribution in [2.75, 3.05) is 30.8 Å². The molecule has 1 amide bonds. The summed E-state index contributed by atoms with van der Waals surface area (Å²) < 4.78 is 5.83. The van der Waals surface area contributed by atoms with E-state index in [4.69, 9.17) is 10.5 Å². The highest BCUT2D eigenvalue weighted by molar-refractivity contribution is 6.00. The largest absolute Gasteiger partial charge is 0.399 e. The van der Waals surface area contributed by atoms with Crippen molar-refractivity contribution in [3.8, 4) is 0 Å². The van der Waals surface area contributed by atoms with E-state index in [2.05, 4.69) is 10.2 Å². The third-order valence-corrected chi connectivity index (χ3v) is 3.88. The van der Waals surface area contributed by atoms with E-state index in [0.29, 0.717) is 11.3 Å². The number of carbonyl (C=O) groups excluding carboxylic acids is 1. The molecule has 2 saturated heterocycles. The first-order chi connectivity index (χ1) is 9.17. The van der Waals surface area contributed by atoms with Crippen LogP contribution in [0.3, 0.4) is 0 Å². The Morgan fingerprint density at radius 1 is 1.37 bits per heavy atom. The van der Waals surface area contributed by atoms with Gasteiger partial charge in [-0.15, -0.1) is 0 Å². The maximum Gasteiger partial charge on any atom is 0.253 e. The predicted octanol–water partition coefficient (Wildman–Crippen LogP) is 0.996. The molecule has 0 aromatic heterocycles. The zero-order valence-electron chi connectivity index (χ0n) is 11.1. The van der Waals surface area contributed by atoms with Gasteiger partial charge in [0.15, 0.2) is 0 Å². The van der Waals surface area contributed by atoms with Gasteiger partial charge in [0.2, 0.25) is 0 Å².